The van der Waals surface area contributed by atoms with Crippen molar-refractivity contribution in [3.05, 3.63) is 41.9 Å². The molecule has 0 spiro atoms. The molecule has 3 aliphatic rings. The lowest BCUT2D eigenvalue weighted by Crippen LogP contribution is -2.54. The van der Waals surface area contributed by atoms with E-state index in [1.807, 2.05) is 45.9 Å². The molecule has 6 rings (SSSR count). The molecule has 0 aliphatic carbocycles. The number of carbonyl (C=O) groups excluding carboxylic acids is 1. The number of aryl methyl sites for hydroxylation is 1. The summed E-state index contributed by atoms with van der Waals surface area (Å²) in [5, 5.41) is 12.5. The number of hydrogen-bond acceptors (Lipinski definition) is 13. The highest BCUT2D eigenvalue weighted by molar-refractivity contribution is 5.92. The molecular formula is C34H46N10O4. The van der Waals surface area contributed by atoms with Crippen molar-refractivity contribution in [1.29, 1.82) is 5.26 Å². The Balaban J connectivity index is 1.07. The zero-order valence-electron chi connectivity index (χ0n) is 28.7. The maximum atomic E-state index is 12.5. The molecule has 0 saturated carbocycles. The molecule has 0 bridgehead atoms. The van der Waals surface area contributed by atoms with Crippen molar-refractivity contribution < 1.29 is 19.0 Å². The van der Waals surface area contributed by atoms with Crippen molar-refractivity contribution in [2.24, 2.45) is 0 Å². The summed E-state index contributed by atoms with van der Waals surface area (Å²) in [7, 11) is 1.66. The van der Waals surface area contributed by atoms with Crippen LogP contribution < -0.4 is 20.0 Å². The predicted octanol–water partition coefficient (Wildman–Crippen LogP) is 2.74. The number of methoxy groups -OCH3 is 1. The number of amides is 1. The third-order valence-corrected chi connectivity index (χ3v) is 8.93. The molecule has 1 amide bonds. The first-order valence-electron chi connectivity index (χ1n) is 16.6. The first-order valence-corrected chi connectivity index (χ1v) is 16.6. The summed E-state index contributed by atoms with van der Waals surface area (Å²) in [6.07, 6.45) is 2.74. The number of fused-ring (bicyclic) bond motifs is 1. The van der Waals surface area contributed by atoms with Gasteiger partial charge in [0.15, 0.2) is 0 Å². The van der Waals surface area contributed by atoms with Crippen LogP contribution in [0.25, 0.3) is 11.0 Å². The van der Waals surface area contributed by atoms with Gasteiger partial charge >= 0.3 is 6.09 Å². The maximum absolute atomic E-state index is 12.5. The van der Waals surface area contributed by atoms with E-state index in [-0.39, 0.29) is 24.4 Å². The number of ether oxygens (including phenoxy) is 3. The van der Waals surface area contributed by atoms with Crippen molar-refractivity contribution in [2.45, 2.75) is 64.6 Å². The van der Waals surface area contributed by atoms with Crippen LogP contribution in [0.15, 0.2) is 30.6 Å². The van der Waals surface area contributed by atoms with E-state index in [0.717, 1.165) is 68.5 Å². The van der Waals surface area contributed by atoms with Crippen LogP contribution in [0.4, 0.5) is 22.2 Å². The van der Waals surface area contributed by atoms with E-state index in [1.54, 1.807) is 19.5 Å². The van der Waals surface area contributed by atoms with Crippen LogP contribution in [0.5, 0.6) is 0 Å². The van der Waals surface area contributed by atoms with Gasteiger partial charge in [-0.15, -0.1) is 0 Å². The maximum Gasteiger partial charge on any atom is 0.408 e. The molecule has 3 aliphatic heterocycles. The van der Waals surface area contributed by atoms with Gasteiger partial charge in [-0.25, -0.2) is 9.78 Å². The first kappa shape index (κ1) is 33.6. The van der Waals surface area contributed by atoms with Crippen LogP contribution in [0, 0.1) is 18.3 Å². The molecule has 4 atom stereocenters. The quantitative estimate of drug-likeness (QED) is 0.398. The first-order chi connectivity index (χ1) is 23.0. The van der Waals surface area contributed by atoms with Gasteiger partial charge in [-0.2, -0.15) is 10.2 Å². The van der Waals surface area contributed by atoms with Crippen LogP contribution >= 0.6 is 0 Å². The van der Waals surface area contributed by atoms with Gasteiger partial charge in [-0.05, 0) is 46.8 Å². The molecule has 48 heavy (non-hydrogen) atoms. The number of nitrogens with one attached hydrogen (secondary N) is 1. The fourth-order valence-electron chi connectivity index (χ4n) is 6.79. The minimum Gasteiger partial charge on any atom is -0.444 e. The average molecular weight is 659 g/mol. The van der Waals surface area contributed by atoms with Crippen molar-refractivity contribution in [2.75, 3.05) is 80.7 Å². The topological polar surface area (TPSA) is 145 Å². The lowest BCUT2D eigenvalue weighted by Gasteiger charge is -2.42. The van der Waals surface area contributed by atoms with Crippen molar-refractivity contribution >= 4 is 34.6 Å². The molecule has 3 fully saturated rings. The summed E-state index contributed by atoms with van der Waals surface area (Å²) >= 11 is 0. The molecule has 1 N–H and O–H groups in total. The summed E-state index contributed by atoms with van der Waals surface area (Å²) in [5.74, 6) is 1.53. The number of carbonyl (C=O) groups is 1. The highest BCUT2D eigenvalue weighted by Gasteiger charge is 2.36. The third kappa shape index (κ3) is 7.69. The summed E-state index contributed by atoms with van der Waals surface area (Å²) in [6, 6.07) is 7.81. The Morgan fingerprint density at radius 2 is 1.77 bits per heavy atom. The van der Waals surface area contributed by atoms with Gasteiger partial charge in [-0.3, -0.25) is 14.9 Å². The molecule has 14 heteroatoms. The SMILES string of the molecule is COC1CN(c2cc(C)nc(N3CCN(C[C@H]4CN(c5ccc(C#N)c6nccnc56)C[C@@H](C)O4)CC3)n2)C[C@@H]1NC(=O)OC(C)(C)C. The zero-order chi connectivity index (χ0) is 34.0. The van der Waals surface area contributed by atoms with E-state index >= 15 is 0 Å². The number of piperazine rings is 1. The molecule has 3 aromatic rings. The number of aromatic nitrogens is 4. The Hall–Kier alpha value is -4.32. The Morgan fingerprint density at radius 3 is 2.48 bits per heavy atom. The van der Waals surface area contributed by atoms with Gasteiger partial charge in [-0.1, -0.05) is 0 Å². The van der Waals surface area contributed by atoms with Gasteiger partial charge in [0, 0.05) is 90.2 Å². The van der Waals surface area contributed by atoms with Crippen molar-refractivity contribution in [3.63, 3.8) is 0 Å². The second kappa shape index (κ2) is 14.0. The number of anilines is 3. The largest absolute Gasteiger partial charge is 0.444 e. The van der Waals surface area contributed by atoms with Crippen LogP contribution in [0.2, 0.25) is 0 Å². The Kier molecular flexibility index (Phi) is 9.82. The number of alkyl carbamates (subject to hydrolysis) is 1. The average Bonchev–Trinajstić information content (AvgIpc) is 3.45. The smallest absolute Gasteiger partial charge is 0.408 e. The van der Waals surface area contributed by atoms with Crippen LogP contribution in [0.3, 0.4) is 0 Å². The second-order valence-electron chi connectivity index (χ2n) is 13.9. The van der Waals surface area contributed by atoms with Crippen molar-refractivity contribution in [1.82, 2.24) is 30.2 Å². The number of nitriles is 1. The molecule has 256 valence electrons. The lowest BCUT2D eigenvalue weighted by molar-refractivity contribution is -0.0327. The third-order valence-electron chi connectivity index (χ3n) is 8.93. The number of morpholine rings is 1. The van der Waals surface area contributed by atoms with E-state index in [1.165, 1.54) is 0 Å². The number of rotatable bonds is 7. The van der Waals surface area contributed by atoms with Gasteiger partial charge in [0.1, 0.15) is 28.5 Å². The monoisotopic (exact) mass is 658 g/mol. The highest BCUT2D eigenvalue weighted by atomic mass is 16.6. The summed E-state index contributed by atoms with van der Waals surface area (Å²) in [6.45, 7) is 16.4. The molecule has 5 heterocycles. The number of benzene rings is 1. The minimum absolute atomic E-state index is 0.0237. The van der Waals surface area contributed by atoms with Crippen LogP contribution in [0.1, 0.15) is 39.0 Å². The normalized spacial score (nSPS) is 23.7. The van der Waals surface area contributed by atoms with E-state index in [4.69, 9.17) is 24.2 Å². The zero-order valence-corrected chi connectivity index (χ0v) is 28.7. The Bertz CT molecular complexity index is 1650. The molecule has 0 radical (unpaired) electrons. The van der Waals surface area contributed by atoms with Gasteiger partial charge in [0.05, 0.1) is 35.6 Å². The summed E-state index contributed by atoms with van der Waals surface area (Å²) in [4.78, 5) is 40.4. The second-order valence-corrected chi connectivity index (χ2v) is 13.9. The standard InChI is InChI=1S/C34H46N10O4/c1-22-15-29(44-20-26(28(21-44)46-6)39-33(45)48-34(3,4)5)40-32(38-22)42-13-11-41(12-14-42)18-25-19-43(17-23(2)47-25)27-8-7-24(16-35)30-31(27)37-10-9-36-30/h7-10,15,23,25-26,28H,11-14,17-21H2,1-6H3,(H,39,45)/t23-,25+,26+,28?/m1/s1. The van der Waals surface area contributed by atoms with Crippen LogP contribution in [-0.2, 0) is 14.2 Å². The lowest BCUT2D eigenvalue weighted by atomic mass is 10.1. The van der Waals surface area contributed by atoms with Gasteiger partial charge in [0.25, 0.3) is 0 Å². The molecule has 3 saturated heterocycles. The summed E-state index contributed by atoms with van der Waals surface area (Å²) < 4.78 is 17.6. The number of hydrogen-bond donors (Lipinski definition) is 1. The predicted molar refractivity (Wildman–Crippen MR) is 182 cm³/mol. The van der Waals surface area contributed by atoms with Gasteiger partial charge < -0.3 is 34.2 Å². The minimum atomic E-state index is -0.576. The summed E-state index contributed by atoms with van der Waals surface area (Å²) in [5.41, 5.74) is 3.20. The van der Waals surface area contributed by atoms with E-state index in [0.29, 0.717) is 30.1 Å². The van der Waals surface area contributed by atoms with Crippen molar-refractivity contribution in [3.8, 4) is 6.07 Å². The van der Waals surface area contributed by atoms with E-state index < -0.39 is 11.7 Å². The molecule has 2 aromatic heterocycles. The fourth-order valence-corrected chi connectivity index (χ4v) is 6.79. The van der Waals surface area contributed by atoms with Crippen LogP contribution in [-0.4, -0.2) is 127 Å². The fraction of sp³-hybridized carbons (Fsp3) is 0.588. The molecular weight excluding hydrogens is 612 g/mol. The molecule has 1 aromatic carbocycles. The van der Waals surface area contributed by atoms with E-state index in [2.05, 4.69) is 47.9 Å². The highest BCUT2D eigenvalue weighted by Crippen LogP contribution is 2.29. The van der Waals surface area contributed by atoms with Gasteiger partial charge in [0.2, 0.25) is 5.95 Å². The molecule has 14 nitrogen and oxygen atoms in total. The Morgan fingerprint density at radius 1 is 1.02 bits per heavy atom. The van der Waals surface area contributed by atoms with E-state index in [9.17, 15) is 10.1 Å². The molecule has 1 unspecified atom stereocenters. The Labute approximate surface area is 282 Å². The number of nitrogens with zero attached hydrogens (tertiary/aromatic N) is 9.